The van der Waals surface area contributed by atoms with Gasteiger partial charge in [0.2, 0.25) is 11.8 Å². The highest BCUT2D eigenvalue weighted by Gasteiger charge is 2.16. The van der Waals surface area contributed by atoms with Crippen molar-refractivity contribution in [1.29, 1.82) is 0 Å². The summed E-state index contributed by atoms with van der Waals surface area (Å²) in [4.78, 5) is 25.6. The molecule has 0 aromatic heterocycles. The van der Waals surface area contributed by atoms with Crippen molar-refractivity contribution >= 4 is 29.3 Å². The van der Waals surface area contributed by atoms with Crippen LogP contribution in [0.4, 0.5) is 5.69 Å². The van der Waals surface area contributed by atoms with Crippen molar-refractivity contribution in [2.75, 3.05) is 56.3 Å². The highest BCUT2D eigenvalue weighted by Crippen LogP contribution is 2.16. The lowest BCUT2D eigenvalue weighted by Crippen LogP contribution is -2.41. The van der Waals surface area contributed by atoms with Gasteiger partial charge in [0.05, 0.1) is 24.7 Å². The third-order valence-corrected chi connectivity index (χ3v) is 4.26. The molecule has 3 N–H and O–H groups in total. The third kappa shape index (κ3) is 6.38. The Morgan fingerprint density at radius 1 is 1.21 bits per heavy atom. The summed E-state index contributed by atoms with van der Waals surface area (Å²) in [5.41, 5.74) is 6.06. The Hall–Kier alpha value is -1.77. The number of thioether (sulfide) groups is 1. The summed E-state index contributed by atoms with van der Waals surface area (Å²) >= 11 is 1.31. The van der Waals surface area contributed by atoms with Crippen LogP contribution in [-0.2, 0) is 14.3 Å². The van der Waals surface area contributed by atoms with Gasteiger partial charge >= 0.3 is 0 Å². The Balaban J connectivity index is 1.66. The Morgan fingerprint density at radius 2 is 1.92 bits per heavy atom. The molecule has 7 nitrogen and oxygen atoms in total. The molecular weight excluding hydrogens is 330 g/mol. The summed E-state index contributed by atoms with van der Waals surface area (Å²) in [5, 5.41) is 2.79. The highest BCUT2D eigenvalue weighted by atomic mass is 32.2. The maximum Gasteiger partial charge on any atom is 0.234 e. The normalized spacial score (nSPS) is 14.3. The number of nitrogens with zero attached hydrogens (tertiary/aromatic N) is 1. The predicted octanol–water partition coefficient (Wildman–Crippen LogP) is 0.555. The number of ether oxygens (including phenoxy) is 2. The van der Waals surface area contributed by atoms with E-state index in [0.717, 1.165) is 0 Å². The van der Waals surface area contributed by atoms with Crippen molar-refractivity contribution in [3.63, 3.8) is 0 Å². The van der Waals surface area contributed by atoms with Gasteiger partial charge in [-0.15, -0.1) is 11.8 Å². The van der Waals surface area contributed by atoms with Crippen LogP contribution in [0.2, 0.25) is 0 Å². The van der Waals surface area contributed by atoms with E-state index in [1.165, 1.54) is 11.8 Å². The van der Waals surface area contributed by atoms with Crippen molar-refractivity contribution in [2.45, 2.75) is 0 Å². The summed E-state index contributed by atoms with van der Waals surface area (Å²) in [7, 11) is 0. The average Bonchev–Trinajstić information content (AvgIpc) is 2.62. The standard InChI is InChI=1S/C16H23N3O4S/c17-5-8-23-14-3-1-13(2-4-14)18-15(20)11-24-12-16(21)19-6-9-22-10-7-19/h1-4H,5-12,17H2,(H,18,20). The van der Waals surface area contributed by atoms with Gasteiger partial charge in [0.1, 0.15) is 12.4 Å². The topological polar surface area (TPSA) is 93.9 Å². The molecule has 132 valence electrons. The molecule has 0 aliphatic carbocycles. The fraction of sp³-hybridized carbons (Fsp3) is 0.500. The molecule has 0 saturated carbocycles. The van der Waals surface area contributed by atoms with Crippen LogP contribution in [0.5, 0.6) is 5.75 Å². The molecular formula is C16H23N3O4S. The first-order valence-electron chi connectivity index (χ1n) is 7.85. The Kier molecular flexibility index (Phi) is 7.87. The number of hydrogen-bond donors (Lipinski definition) is 2. The number of hydrogen-bond acceptors (Lipinski definition) is 6. The molecule has 0 bridgehead atoms. The number of amides is 2. The lowest BCUT2D eigenvalue weighted by atomic mass is 10.3. The number of anilines is 1. The Bertz CT molecular complexity index is 533. The number of rotatable bonds is 8. The first-order chi connectivity index (χ1) is 11.7. The molecule has 24 heavy (non-hydrogen) atoms. The van der Waals surface area contributed by atoms with Gasteiger partial charge < -0.3 is 25.4 Å². The largest absolute Gasteiger partial charge is 0.492 e. The van der Waals surface area contributed by atoms with Gasteiger partial charge in [0.25, 0.3) is 0 Å². The lowest BCUT2D eigenvalue weighted by molar-refractivity contribution is -0.132. The van der Waals surface area contributed by atoms with Gasteiger partial charge in [-0.2, -0.15) is 0 Å². The second-order valence-corrected chi connectivity index (χ2v) is 6.18. The second-order valence-electron chi connectivity index (χ2n) is 5.20. The monoisotopic (exact) mass is 353 g/mol. The summed E-state index contributed by atoms with van der Waals surface area (Å²) in [6, 6.07) is 7.10. The van der Waals surface area contributed by atoms with E-state index in [1.807, 2.05) is 0 Å². The number of nitrogens with two attached hydrogens (primary N) is 1. The highest BCUT2D eigenvalue weighted by molar-refractivity contribution is 8.00. The predicted molar refractivity (Wildman–Crippen MR) is 94.3 cm³/mol. The molecule has 2 rings (SSSR count). The number of morpholine rings is 1. The van der Waals surface area contributed by atoms with Crippen molar-refractivity contribution in [3.05, 3.63) is 24.3 Å². The van der Waals surface area contributed by atoms with Crippen LogP contribution in [0, 0.1) is 0 Å². The van der Waals surface area contributed by atoms with Crippen molar-refractivity contribution in [3.8, 4) is 5.75 Å². The van der Waals surface area contributed by atoms with E-state index in [0.29, 0.717) is 56.6 Å². The fourth-order valence-electron chi connectivity index (χ4n) is 2.14. The van der Waals surface area contributed by atoms with Crippen LogP contribution in [0.1, 0.15) is 0 Å². The zero-order valence-corrected chi connectivity index (χ0v) is 14.3. The molecule has 0 radical (unpaired) electrons. The van der Waals surface area contributed by atoms with Gasteiger partial charge in [-0.3, -0.25) is 9.59 Å². The van der Waals surface area contributed by atoms with Crippen LogP contribution in [0.25, 0.3) is 0 Å². The number of benzene rings is 1. The van der Waals surface area contributed by atoms with Crippen molar-refractivity contribution < 1.29 is 19.1 Å². The fourth-order valence-corrected chi connectivity index (χ4v) is 2.86. The van der Waals surface area contributed by atoms with Crippen molar-refractivity contribution in [2.24, 2.45) is 5.73 Å². The molecule has 0 spiro atoms. The lowest BCUT2D eigenvalue weighted by Gasteiger charge is -2.26. The third-order valence-electron chi connectivity index (χ3n) is 3.35. The van der Waals surface area contributed by atoms with Crippen LogP contribution < -0.4 is 15.8 Å². The molecule has 1 heterocycles. The maximum absolute atomic E-state index is 12.0. The zero-order valence-electron chi connectivity index (χ0n) is 13.5. The summed E-state index contributed by atoms with van der Waals surface area (Å²) in [5.74, 6) is 1.17. The molecule has 1 aromatic rings. The average molecular weight is 353 g/mol. The van der Waals surface area contributed by atoms with Crippen LogP contribution in [0.15, 0.2) is 24.3 Å². The minimum absolute atomic E-state index is 0.0532. The molecule has 1 fully saturated rings. The van der Waals surface area contributed by atoms with E-state index in [9.17, 15) is 9.59 Å². The quantitative estimate of drug-likeness (QED) is 0.709. The number of nitrogens with one attached hydrogen (secondary N) is 1. The van der Waals surface area contributed by atoms with E-state index in [4.69, 9.17) is 15.2 Å². The van der Waals surface area contributed by atoms with E-state index < -0.39 is 0 Å². The molecule has 1 aliphatic heterocycles. The maximum atomic E-state index is 12.0. The van der Waals surface area contributed by atoms with Gasteiger partial charge in [-0.05, 0) is 24.3 Å². The van der Waals surface area contributed by atoms with E-state index in [-0.39, 0.29) is 17.6 Å². The molecule has 0 atom stereocenters. The number of carbonyl (C=O) groups is 2. The Labute approximate surface area is 145 Å². The van der Waals surface area contributed by atoms with Crippen LogP contribution in [-0.4, -0.2) is 67.7 Å². The van der Waals surface area contributed by atoms with Gasteiger partial charge in [0.15, 0.2) is 0 Å². The smallest absolute Gasteiger partial charge is 0.234 e. The first kappa shape index (κ1) is 18.6. The van der Waals surface area contributed by atoms with Gasteiger partial charge in [-0.25, -0.2) is 0 Å². The van der Waals surface area contributed by atoms with Gasteiger partial charge in [-0.1, -0.05) is 0 Å². The minimum atomic E-state index is -0.134. The molecule has 8 heteroatoms. The van der Waals surface area contributed by atoms with E-state index in [2.05, 4.69) is 5.32 Å². The molecule has 1 aliphatic rings. The van der Waals surface area contributed by atoms with Crippen molar-refractivity contribution in [1.82, 2.24) is 4.90 Å². The number of carbonyl (C=O) groups excluding carboxylic acids is 2. The summed E-state index contributed by atoms with van der Waals surface area (Å²) < 4.78 is 10.6. The molecule has 0 unspecified atom stereocenters. The SMILES string of the molecule is NCCOc1ccc(NC(=O)CSCC(=O)N2CCOCC2)cc1. The van der Waals surface area contributed by atoms with E-state index >= 15 is 0 Å². The summed E-state index contributed by atoms with van der Waals surface area (Å²) in [6.45, 7) is 3.34. The molecule has 1 aromatic carbocycles. The second kappa shape index (κ2) is 10.2. The van der Waals surface area contributed by atoms with Gasteiger partial charge in [0, 0.05) is 25.3 Å². The van der Waals surface area contributed by atoms with Crippen LogP contribution >= 0.6 is 11.8 Å². The van der Waals surface area contributed by atoms with E-state index in [1.54, 1.807) is 29.2 Å². The molecule has 1 saturated heterocycles. The zero-order chi connectivity index (χ0) is 17.2. The Morgan fingerprint density at radius 3 is 2.58 bits per heavy atom. The van der Waals surface area contributed by atoms with Crippen LogP contribution in [0.3, 0.4) is 0 Å². The first-order valence-corrected chi connectivity index (χ1v) is 9.00. The summed E-state index contributed by atoms with van der Waals surface area (Å²) in [6.07, 6.45) is 0. The molecule has 2 amide bonds. The minimum Gasteiger partial charge on any atom is -0.492 e.